The molecule has 3 aromatic heterocycles. The molecule has 1 amide bonds. The van der Waals surface area contributed by atoms with E-state index >= 15 is 4.39 Å². The van der Waals surface area contributed by atoms with Crippen LogP contribution in [-0.2, 0) is 52.9 Å². The number of carbonyl (C=O) groups is 2. The van der Waals surface area contributed by atoms with Gasteiger partial charge in [-0.05, 0) is 42.0 Å². The van der Waals surface area contributed by atoms with Crippen LogP contribution in [-0.4, -0.2) is 55.7 Å². The van der Waals surface area contributed by atoms with Crippen LogP contribution in [0, 0.1) is 11.7 Å². The number of ether oxygens (including phenoxy) is 1. The summed E-state index contributed by atoms with van der Waals surface area (Å²) in [4.78, 5) is 37.7. The second kappa shape index (κ2) is 15.9. The summed E-state index contributed by atoms with van der Waals surface area (Å²) in [6.07, 6.45) is 0.406. The smallest absolute Gasteiger partial charge is 0.419 e. The Bertz CT molecular complexity index is 2090. The Labute approximate surface area is 309 Å². The molecule has 0 saturated heterocycles. The maximum atomic E-state index is 16.8. The van der Waals surface area contributed by atoms with Crippen molar-refractivity contribution < 1.29 is 31.9 Å². The number of para-hydroxylation sites is 1. The van der Waals surface area contributed by atoms with Gasteiger partial charge in [0.2, 0.25) is 11.9 Å². The van der Waals surface area contributed by atoms with Crippen LogP contribution in [0.25, 0.3) is 27.8 Å². The van der Waals surface area contributed by atoms with Crippen LogP contribution in [0.2, 0.25) is 0 Å². The van der Waals surface area contributed by atoms with Crippen molar-refractivity contribution in [1.29, 1.82) is 0 Å². The summed E-state index contributed by atoms with van der Waals surface area (Å²) in [5.74, 6) is -1.78. The Morgan fingerprint density at radius 2 is 1.75 bits per heavy atom. The minimum Gasteiger partial charge on any atom is -0.459 e. The number of hydrogen-bond acceptors (Lipinski definition) is 8. The molecule has 1 aliphatic heterocycles. The maximum Gasteiger partial charge on any atom is 0.419 e. The molecule has 0 fully saturated rings. The van der Waals surface area contributed by atoms with Crippen molar-refractivity contribution in [3.05, 3.63) is 88.3 Å². The van der Waals surface area contributed by atoms with E-state index in [4.69, 9.17) is 15.6 Å². The van der Waals surface area contributed by atoms with Crippen LogP contribution >= 0.6 is 12.4 Å². The topological polar surface area (TPSA) is 144 Å². The molecule has 1 aliphatic rings. The Kier molecular flexibility index (Phi) is 11.8. The number of rotatable bonds is 11. The van der Waals surface area contributed by atoms with Crippen molar-refractivity contribution in [3.8, 4) is 16.9 Å². The number of H-pyrrole nitrogens is 1. The van der Waals surface area contributed by atoms with Gasteiger partial charge in [-0.25, -0.2) is 19.0 Å². The van der Waals surface area contributed by atoms with Crippen molar-refractivity contribution in [3.63, 3.8) is 0 Å². The molecule has 0 spiro atoms. The fourth-order valence-corrected chi connectivity index (χ4v) is 6.49. The Balaban J connectivity index is 0.00000541. The zero-order chi connectivity index (χ0) is 37.3. The summed E-state index contributed by atoms with van der Waals surface area (Å²) < 4.78 is 63.8. The summed E-state index contributed by atoms with van der Waals surface area (Å²) >= 11 is 0. The molecule has 1 atom stereocenters. The number of nitrogens with one attached hydrogen (secondary N) is 2. The van der Waals surface area contributed by atoms with E-state index < -0.39 is 42.0 Å². The first-order valence-corrected chi connectivity index (χ1v) is 17.2. The molecular formula is C37H41ClF4N8O3. The molecule has 11 nitrogen and oxygen atoms in total. The lowest BCUT2D eigenvalue weighted by Crippen LogP contribution is -2.45. The lowest BCUT2D eigenvalue weighted by molar-refractivity contribution is -0.145. The first-order valence-electron chi connectivity index (χ1n) is 17.2. The molecule has 0 bridgehead atoms. The lowest BCUT2D eigenvalue weighted by Gasteiger charge is -2.27. The van der Waals surface area contributed by atoms with Crippen LogP contribution in [0.5, 0.6) is 0 Å². The highest BCUT2D eigenvalue weighted by atomic mass is 35.5. The number of aromatic amines is 1. The van der Waals surface area contributed by atoms with Gasteiger partial charge in [-0.15, -0.1) is 12.4 Å². The van der Waals surface area contributed by atoms with Gasteiger partial charge in [0.05, 0.1) is 34.2 Å². The average molecular weight is 757 g/mol. The number of hydrogen-bond donors (Lipinski definition) is 3. The highest BCUT2D eigenvalue weighted by Gasteiger charge is 2.34. The zero-order valence-corrected chi connectivity index (χ0v) is 30.5. The second-order valence-electron chi connectivity index (χ2n) is 13.1. The van der Waals surface area contributed by atoms with Gasteiger partial charge in [-0.1, -0.05) is 45.9 Å². The van der Waals surface area contributed by atoms with E-state index in [-0.39, 0.29) is 43.0 Å². The van der Waals surface area contributed by atoms with Gasteiger partial charge in [0, 0.05) is 60.2 Å². The van der Waals surface area contributed by atoms with Crippen LogP contribution in [0.3, 0.4) is 0 Å². The predicted octanol–water partition coefficient (Wildman–Crippen LogP) is 6.22. The molecule has 5 aromatic rings. The quantitative estimate of drug-likeness (QED) is 0.107. The summed E-state index contributed by atoms with van der Waals surface area (Å²) in [5.41, 5.74) is 10.9. The SMILES string of the molecule is CCc1cccc(CC)c1-n1nc2c(c1-c1c(F)cc(COC(=O)CNC(=O)[C@@H](N)C(C)C)c3[nH]ccc13)CN(c1ncc(C(F)(F)F)cn1)CC2.Cl. The van der Waals surface area contributed by atoms with Crippen molar-refractivity contribution >= 4 is 41.1 Å². The number of halogens is 5. The first-order chi connectivity index (χ1) is 24.8. The summed E-state index contributed by atoms with van der Waals surface area (Å²) in [6.45, 7) is 7.56. The fourth-order valence-electron chi connectivity index (χ4n) is 6.49. The van der Waals surface area contributed by atoms with Crippen LogP contribution < -0.4 is 16.0 Å². The van der Waals surface area contributed by atoms with Crippen LogP contribution in [0.4, 0.5) is 23.5 Å². The van der Waals surface area contributed by atoms with E-state index in [1.165, 1.54) is 6.07 Å². The van der Waals surface area contributed by atoms with E-state index in [0.29, 0.717) is 53.5 Å². The molecule has 53 heavy (non-hydrogen) atoms. The van der Waals surface area contributed by atoms with Gasteiger partial charge in [0.25, 0.3) is 0 Å². The molecule has 0 saturated carbocycles. The molecule has 0 radical (unpaired) electrons. The number of alkyl halides is 3. The Morgan fingerprint density at radius 1 is 1.08 bits per heavy atom. The van der Waals surface area contributed by atoms with Gasteiger partial charge in [0.1, 0.15) is 19.0 Å². The van der Waals surface area contributed by atoms with Gasteiger partial charge in [-0.3, -0.25) is 9.59 Å². The number of carbonyl (C=O) groups excluding carboxylic acids is 2. The molecule has 282 valence electrons. The number of aryl methyl sites for hydroxylation is 2. The first kappa shape index (κ1) is 39.2. The maximum absolute atomic E-state index is 16.8. The summed E-state index contributed by atoms with van der Waals surface area (Å²) in [7, 11) is 0. The van der Waals surface area contributed by atoms with E-state index in [1.54, 1.807) is 35.7 Å². The molecule has 0 aliphatic carbocycles. The van der Waals surface area contributed by atoms with Crippen LogP contribution in [0.15, 0.2) is 48.9 Å². The number of nitrogens with two attached hydrogens (primary N) is 1. The molecule has 4 N–H and O–H groups in total. The number of esters is 1. The normalized spacial score (nSPS) is 13.5. The van der Waals surface area contributed by atoms with Gasteiger partial charge in [0.15, 0.2) is 0 Å². The number of amides is 1. The highest BCUT2D eigenvalue weighted by Crippen LogP contribution is 2.41. The molecule has 6 rings (SSSR count). The van der Waals surface area contributed by atoms with E-state index in [0.717, 1.165) is 34.9 Å². The van der Waals surface area contributed by atoms with E-state index in [9.17, 15) is 22.8 Å². The Morgan fingerprint density at radius 3 is 2.38 bits per heavy atom. The highest BCUT2D eigenvalue weighted by molar-refractivity contribution is 5.98. The fraction of sp³-hybridized carbons (Fsp3) is 0.378. The van der Waals surface area contributed by atoms with Crippen molar-refractivity contribution in [2.45, 2.75) is 72.3 Å². The average Bonchev–Trinajstić information content (AvgIpc) is 3.77. The Hall–Kier alpha value is -5.02. The van der Waals surface area contributed by atoms with Crippen LogP contribution in [0.1, 0.15) is 61.2 Å². The lowest BCUT2D eigenvalue weighted by atomic mass is 9.95. The third kappa shape index (κ3) is 7.86. The standard InChI is InChI=1S/C37H40F4N8O3.ClH/c1-5-21-8-7-9-22(6-2)33(21)49-34(26-18-48(13-11-28(26)47-49)36-45-15-24(16-46-36)37(39,40)41)30-25-10-12-43-32(25)23(14-27(30)38)19-52-29(50)17-44-35(51)31(42)20(3)4;/h7-10,12,14-16,20,31,43H,5-6,11,13,17-19,42H2,1-4H3,(H,44,51);1H/t31-;/m0./s1. The number of fused-ring (bicyclic) bond motifs is 2. The monoisotopic (exact) mass is 756 g/mol. The number of anilines is 1. The largest absolute Gasteiger partial charge is 0.459 e. The molecule has 4 heterocycles. The predicted molar refractivity (Wildman–Crippen MR) is 194 cm³/mol. The van der Waals surface area contributed by atoms with Crippen molar-refractivity contribution in [2.24, 2.45) is 11.7 Å². The molecule has 16 heteroatoms. The molecule has 0 unspecified atom stereocenters. The summed E-state index contributed by atoms with van der Waals surface area (Å²) in [5, 5.41) is 8.06. The number of aromatic nitrogens is 5. The molecular weight excluding hydrogens is 716 g/mol. The number of nitrogens with zero attached hydrogens (tertiary/aromatic N) is 5. The minimum atomic E-state index is -4.58. The minimum absolute atomic E-state index is 0. The third-order valence-electron chi connectivity index (χ3n) is 9.39. The van der Waals surface area contributed by atoms with Crippen molar-refractivity contribution in [2.75, 3.05) is 18.0 Å². The number of benzene rings is 2. The molecule has 2 aromatic carbocycles. The summed E-state index contributed by atoms with van der Waals surface area (Å²) in [6, 6.07) is 8.28. The second-order valence-corrected chi connectivity index (χ2v) is 13.1. The van der Waals surface area contributed by atoms with E-state index in [2.05, 4.69) is 20.3 Å². The van der Waals surface area contributed by atoms with Gasteiger partial charge in [-0.2, -0.15) is 18.3 Å². The third-order valence-corrected chi connectivity index (χ3v) is 9.39. The van der Waals surface area contributed by atoms with Crippen molar-refractivity contribution in [1.82, 2.24) is 30.0 Å². The zero-order valence-electron chi connectivity index (χ0n) is 29.7. The van der Waals surface area contributed by atoms with Gasteiger partial charge < -0.3 is 25.7 Å². The van der Waals surface area contributed by atoms with E-state index in [1.807, 2.05) is 32.0 Å². The van der Waals surface area contributed by atoms with Gasteiger partial charge >= 0.3 is 12.1 Å².